The molecule has 3 heteroatoms. The predicted molar refractivity (Wildman–Crippen MR) is 49.8 cm³/mol. The second-order valence-corrected chi connectivity index (χ2v) is 3.51. The first-order valence-corrected chi connectivity index (χ1v) is 4.86. The minimum Gasteiger partial charge on any atom is -0.375 e. The molecule has 0 aliphatic carbocycles. The summed E-state index contributed by atoms with van der Waals surface area (Å²) in [4.78, 5) is 4.25. The van der Waals surface area contributed by atoms with Gasteiger partial charge in [0.05, 0.1) is 5.69 Å². The molecule has 2 nitrogen and oxygen atoms in total. The Kier molecular flexibility index (Phi) is 2.88. The Bertz CT molecular complexity index is 216. The van der Waals surface area contributed by atoms with E-state index in [9.17, 15) is 0 Å². The molecule has 1 aromatic heterocycles. The molecule has 0 unspecified atom stereocenters. The normalized spacial score (nSPS) is 10.8. The van der Waals surface area contributed by atoms with Gasteiger partial charge in [0.2, 0.25) is 0 Å². The maximum absolute atomic E-state index is 5.53. The van der Waals surface area contributed by atoms with E-state index < -0.39 is 0 Å². The quantitative estimate of drug-likeness (QED) is 0.757. The Balaban J connectivity index is 2.73. The summed E-state index contributed by atoms with van der Waals surface area (Å²) in [6.07, 6.45) is 2.30. The van der Waals surface area contributed by atoms with Gasteiger partial charge in [-0.15, -0.1) is 11.3 Å². The lowest BCUT2D eigenvalue weighted by Crippen LogP contribution is -1.95. The van der Waals surface area contributed by atoms with E-state index in [0.717, 1.165) is 18.5 Å². The standard InChI is InChI=1S/C8H14N2S/c1-3-6(4-2)7-5-11-8(9)10-7/h5-6H,3-4H2,1-2H3,(H2,9,10). The number of hydrogen-bond acceptors (Lipinski definition) is 3. The maximum atomic E-state index is 5.53. The van der Waals surface area contributed by atoms with Crippen LogP contribution in [0.4, 0.5) is 5.13 Å². The van der Waals surface area contributed by atoms with Crippen molar-refractivity contribution in [1.29, 1.82) is 0 Å². The molecule has 0 saturated carbocycles. The number of nitrogen functional groups attached to an aromatic ring is 1. The summed E-state index contributed by atoms with van der Waals surface area (Å²) in [5, 5.41) is 2.75. The highest BCUT2D eigenvalue weighted by Crippen LogP contribution is 2.24. The topological polar surface area (TPSA) is 38.9 Å². The number of nitrogens with two attached hydrogens (primary N) is 1. The third-order valence-electron chi connectivity index (χ3n) is 1.94. The zero-order valence-electron chi connectivity index (χ0n) is 7.00. The van der Waals surface area contributed by atoms with Crippen LogP contribution in [0.5, 0.6) is 0 Å². The molecule has 1 rings (SSSR count). The molecule has 0 spiro atoms. The number of hydrogen-bond donors (Lipinski definition) is 1. The number of thiazole rings is 1. The van der Waals surface area contributed by atoms with Crippen LogP contribution in [-0.4, -0.2) is 4.98 Å². The fourth-order valence-electron chi connectivity index (χ4n) is 1.20. The smallest absolute Gasteiger partial charge is 0.180 e. The van der Waals surface area contributed by atoms with E-state index in [0.29, 0.717) is 11.0 Å². The SMILES string of the molecule is CCC(CC)c1csc(N)n1. The molecule has 0 amide bonds. The lowest BCUT2D eigenvalue weighted by Gasteiger charge is -2.07. The van der Waals surface area contributed by atoms with Gasteiger partial charge >= 0.3 is 0 Å². The molecule has 1 aromatic rings. The highest BCUT2D eigenvalue weighted by molar-refractivity contribution is 7.13. The summed E-state index contributed by atoms with van der Waals surface area (Å²) < 4.78 is 0. The minimum absolute atomic E-state index is 0.601. The van der Waals surface area contributed by atoms with Crippen LogP contribution in [0.15, 0.2) is 5.38 Å². The summed E-state index contributed by atoms with van der Waals surface area (Å²) in [7, 11) is 0. The number of aromatic nitrogens is 1. The molecule has 0 saturated heterocycles. The van der Waals surface area contributed by atoms with Gasteiger partial charge in [0.1, 0.15) is 0 Å². The average molecular weight is 170 g/mol. The van der Waals surface area contributed by atoms with E-state index in [1.165, 1.54) is 11.3 Å². The van der Waals surface area contributed by atoms with Crippen LogP contribution in [0.3, 0.4) is 0 Å². The number of anilines is 1. The molecule has 0 radical (unpaired) electrons. The van der Waals surface area contributed by atoms with Crippen molar-refractivity contribution in [3.63, 3.8) is 0 Å². The maximum Gasteiger partial charge on any atom is 0.180 e. The third-order valence-corrected chi connectivity index (χ3v) is 2.64. The number of rotatable bonds is 3. The molecule has 11 heavy (non-hydrogen) atoms. The van der Waals surface area contributed by atoms with E-state index in [1.54, 1.807) is 0 Å². The molecule has 0 aliphatic heterocycles. The van der Waals surface area contributed by atoms with Crippen molar-refractivity contribution in [2.45, 2.75) is 32.6 Å². The first-order chi connectivity index (χ1) is 5.27. The molecular formula is C8H14N2S. The van der Waals surface area contributed by atoms with Crippen molar-refractivity contribution in [1.82, 2.24) is 4.98 Å². The van der Waals surface area contributed by atoms with Crippen molar-refractivity contribution in [3.05, 3.63) is 11.1 Å². The van der Waals surface area contributed by atoms with E-state index >= 15 is 0 Å². The molecule has 0 bridgehead atoms. The van der Waals surface area contributed by atoms with Gasteiger partial charge in [0, 0.05) is 11.3 Å². The van der Waals surface area contributed by atoms with Crippen LogP contribution in [0, 0.1) is 0 Å². The van der Waals surface area contributed by atoms with Gasteiger partial charge in [-0.25, -0.2) is 4.98 Å². The predicted octanol–water partition coefficient (Wildman–Crippen LogP) is 2.63. The van der Waals surface area contributed by atoms with Crippen molar-refractivity contribution < 1.29 is 0 Å². The van der Waals surface area contributed by atoms with Crippen molar-refractivity contribution in [3.8, 4) is 0 Å². The summed E-state index contributed by atoms with van der Waals surface area (Å²) >= 11 is 1.53. The molecular weight excluding hydrogens is 156 g/mol. The second kappa shape index (κ2) is 3.72. The average Bonchev–Trinajstić information content (AvgIpc) is 2.39. The molecule has 0 fully saturated rings. The number of nitrogens with zero attached hydrogens (tertiary/aromatic N) is 1. The molecule has 0 aliphatic rings. The van der Waals surface area contributed by atoms with Gasteiger partial charge < -0.3 is 5.73 Å². The largest absolute Gasteiger partial charge is 0.375 e. The van der Waals surface area contributed by atoms with Crippen LogP contribution in [0.2, 0.25) is 0 Å². The monoisotopic (exact) mass is 170 g/mol. The van der Waals surface area contributed by atoms with Gasteiger partial charge in [-0.1, -0.05) is 13.8 Å². The molecule has 2 N–H and O–H groups in total. The fourth-order valence-corrected chi connectivity index (χ4v) is 1.84. The summed E-state index contributed by atoms with van der Waals surface area (Å²) in [5.41, 5.74) is 6.70. The van der Waals surface area contributed by atoms with Gasteiger partial charge in [-0.2, -0.15) is 0 Å². The Morgan fingerprint density at radius 3 is 2.55 bits per heavy atom. The minimum atomic E-state index is 0.601. The van der Waals surface area contributed by atoms with Gasteiger partial charge in [-0.05, 0) is 12.8 Å². The third kappa shape index (κ3) is 1.93. The zero-order chi connectivity index (χ0) is 8.27. The van der Waals surface area contributed by atoms with Crippen molar-refractivity contribution >= 4 is 16.5 Å². The first kappa shape index (κ1) is 8.53. The molecule has 62 valence electrons. The Morgan fingerprint density at radius 1 is 1.55 bits per heavy atom. The zero-order valence-corrected chi connectivity index (χ0v) is 7.82. The van der Waals surface area contributed by atoms with Crippen molar-refractivity contribution in [2.75, 3.05) is 5.73 Å². The van der Waals surface area contributed by atoms with Crippen LogP contribution < -0.4 is 5.73 Å². The van der Waals surface area contributed by atoms with E-state index in [1.807, 2.05) is 0 Å². The Morgan fingerprint density at radius 2 is 2.18 bits per heavy atom. The van der Waals surface area contributed by atoms with Gasteiger partial charge in [-0.3, -0.25) is 0 Å². The highest BCUT2D eigenvalue weighted by atomic mass is 32.1. The Labute approximate surface area is 71.5 Å². The molecule has 0 atom stereocenters. The summed E-state index contributed by atoms with van der Waals surface area (Å²) in [5.74, 6) is 0.601. The molecule has 1 heterocycles. The van der Waals surface area contributed by atoms with Crippen LogP contribution in [0.1, 0.15) is 38.3 Å². The fraction of sp³-hybridized carbons (Fsp3) is 0.625. The van der Waals surface area contributed by atoms with Crippen LogP contribution >= 0.6 is 11.3 Å². The lowest BCUT2D eigenvalue weighted by molar-refractivity contribution is 0.628. The van der Waals surface area contributed by atoms with Crippen molar-refractivity contribution in [2.24, 2.45) is 0 Å². The summed E-state index contributed by atoms with van der Waals surface area (Å²) in [6, 6.07) is 0. The lowest BCUT2D eigenvalue weighted by atomic mass is 10.0. The van der Waals surface area contributed by atoms with Gasteiger partial charge in [0.25, 0.3) is 0 Å². The first-order valence-electron chi connectivity index (χ1n) is 3.98. The van der Waals surface area contributed by atoms with Gasteiger partial charge in [0.15, 0.2) is 5.13 Å². The Hall–Kier alpha value is -0.570. The highest BCUT2D eigenvalue weighted by Gasteiger charge is 2.09. The van der Waals surface area contributed by atoms with E-state index in [4.69, 9.17) is 5.73 Å². The van der Waals surface area contributed by atoms with Crippen LogP contribution in [0.25, 0.3) is 0 Å². The van der Waals surface area contributed by atoms with E-state index in [2.05, 4.69) is 24.2 Å². The summed E-state index contributed by atoms with van der Waals surface area (Å²) in [6.45, 7) is 4.37. The van der Waals surface area contributed by atoms with E-state index in [-0.39, 0.29) is 0 Å². The van der Waals surface area contributed by atoms with Crippen LogP contribution in [-0.2, 0) is 0 Å². The molecule has 0 aromatic carbocycles. The second-order valence-electron chi connectivity index (χ2n) is 2.62.